The molecule has 1 saturated heterocycles. The first-order valence-electron chi connectivity index (χ1n) is 8.00. The molecule has 0 amide bonds. The first-order valence-corrected chi connectivity index (χ1v) is 8.00. The van der Waals surface area contributed by atoms with Gasteiger partial charge >= 0.3 is 0 Å². The van der Waals surface area contributed by atoms with E-state index in [4.69, 9.17) is 0 Å². The molecule has 0 spiro atoms. The van der Waals surface area contributed by atoms with Crippen molar-refractivity contribution in [3.8, 4) is 5.75 Å². The van der Waals surface area contributed by atoms with E-state index >= 15 is 0 Å². The van der Waals surface area contributed by atoms with Crippen molar-refractivity contribution in [3.05, 3.63) is 53.1 Å². The van der Waals surface area contributed by atoms with Crippen LogP contribution in [0.3, 0.4) is 0 Å². The van der Waals surface area contributed by atoms with E-state index in [1.165, 1.54) is 11.1 Å². The SMILES string of the molecule is O=C1C=CC2=C[C@@H]1c1cc(ccc1O)C[C@H]1C[NH2+][C@H](CN1)C2. The number of hydrogen-bond donors (Lipinski definition) is 3. The Morgan fingerprint density at radius 1 is 1.23 bits per heavy atom. The summed E-state index contributed by atoms with van der Waals surface area (Å²) < 4.78 is 0. The highest BCUT2D eigenvalue weighted by molar-refractivity contribution is 5.99. The van der Waals surface area contributed by atoms with Crippen molar-refractivity contribution in [3.63, 3.8) is 0 Å². The van der Waals surface area contributed by atoms with Gasteiger partial charge in [-0.1, -0.05) is 24.3 Å². The van der Waals surface area contributed by atoms with Gasteiger partial charge in [0.15, 0.2) is 5.78 Å². The third-order valence-electron chi connectivity index (χ3n) is 4.98. The van der Waals surface area contributed by atoms with Crippen LogP contribution in [0.15, 0.2) is 42.0 Å². The summed E-state index contributed by atoms with van der Waals surface area (Å²) in [5.74, 6) is -0.0684. The summed E-state index contributed by atoms with van der Waals surface area (Å²) in [7, 11) is 0. The van der Waals surface area contributed by atoms with Gasteiger partial charge in [0.1, 0.15) is 11.8 Å². The molecule has 5 rings (SSSR count). The summed E-state index contributed by atoms with van der Waals surface area (Å²) in [6.07, 6.45) is 7.52. The Labute approximate surface area is 129 Å². The van der Waals surface area contributed by atoms with Crippen molar-refractivity contribution < 1.29 is 15.2 Å². The molecule has 4 aliphatic rings. The quantitative estimate of drug-likeness (QED) is 0.649. The second kappa shape index (κ2) is 5.38. The van der Waals surface area contributed by atoms with Gasteiger partial charge in [0.2, 0.25) is 0 Å². The van der Waals surface area contributed by atoms with Crippen LogP contribution in [0.1, 0.15) is 23.5 Å². The van der Waals surface area contributed by atoms with Gasteiger partial charge in [-0.25, -0.2) is 0 Å². The minimum atomic E-state index is -0.342. The number of phenols is 1. The van der Waals surface area contributed by atoms with Crippen LogP contribution in [-0.4, -0.2) is 36.1 Å². The number of allylic oxidation sites excluding steroid dienone is 3. The number of hydrogen-bond acceptors (Lipinski definition) is 3. The second-order valence-electron chi connectivity index (χ2n) is 6.59. The predicted octanol–water partition coefficient (Wildman–Crippen LogP) is 0.391. The summed E-state index contributed by atoms with van der Waals surface area (Å²) >= 11 is 0. The minimum Gasteiger partial charge on any atom is -0.508 e. The molecular weight excluding hydrogens is 276 g/mol. The average Bonchev–Trinajstić information content (AvgIpc) is 2.52. The van der Waals surface area contributed by atoms with E-state index in [1.807, 2.05) is 24.3 Å². The number of quaternary nitrogens is 1. The van der Waals surface area contributed by atoms with Gasteiger partial charge in [0, 0.05) is 18.5 Å². The van der Waals surface area contributed by atoms with E-state index in [0.29, 0.717) is 12.1 Å². The topological polar surface area (TPSA) is 65.9 Å². The van der Waals surface area contributed by atoms with Gasteiger partial charge < -0.3 is 15.7 Å². The zero-order valence-electron chi connectivity index (χ0n) is 12.5. The lowest BCUT2D eigenvalue weighted by Crippen LogP contribution is -2.97. The molecule has 0 saturated carbocycles. The van der Waals surface area contributed by atoms with Crippen molar-refractivity contribution in [2.45, 2.75) is 30.8 Å². The number of benzene rings is 1. The Morgan fingerprint density at radius 3 is 2.95 bits per heavy atom. The zero-order valence-corrected chi connectivity index (χ0v) is 12.5. The molecule has 0 aromatic heterocycles. The molecular formula is C18H21N2O2+. The molecule has 1 aliphatic carbocycles. The molecule has 0 unspecified atom stereocenters. The van der Waals surface area contributed by atoms with Crippen molar-refractivity contribution in [1.29, 1.82) is 0 Å². The van der Waals surface area contributed by atoms with Gasteiger partial charge in [-0.3, -0.25) is 4.79 Å². The summed E-state index contributed by atoms with van der Waals surface area (Å²) in [6, 6.07) is 6.66. The summed E-state index contributed by atoms with van der Waals surface area (Å²) in [4.78, 5) is 12.3. The Morgan fingerprint density at radius 2 is 2.14 bits per heavy atom. The first kappa shape index (κ1) is 13.7. The highest BCUT2D eigenvalue weighted by atomic mass is 16.3. The Kier molecular flexibility index (Phi) is 3.36. The van der Waals surface area contributed by atoms with Crippen LogP contribution in [0.2, 0.25) is 0 Å². The van der Waals surface area contributed by atoms with E-state index in [2.05, 4.69) is 10.6 Å². The molecule has 0 radical (unpaired) electrons. The molecule has 1 aromatic carbocycles. The van der Waals surface area contributed by atoms with Crippen molar-refractivity contribution >= 4 is 5.78 Å². The molecule has 4 heteroatoms. The van der Waals surface area contributed by atoms with E-state index in [9.17, 15) is 9.90 Å². The van der Waals surface area contributed by atoms with Crippen LogP contribution < -0.4 is 10.6 Å². The molecule has 3 aliphatic heterocycles. The van der Waals surface area contributed by atoms with Crippen molar-refractivity contribution in [1.82, 2.24) is 5.32 Å². The van der Waals surface area contributed by atoms with Crippen LogP contribution >= 0.6 is 0 Å². The van der Waals surface area contributed by atoms with Crippen LogP contribution in [0.5, 0.6) is 5.75 Å². The van der Waals surface area contributed by atoms with Crippen molar-refractivity contribution in [2.75, 3.05) is 13.1 Å². The molecule has 22 heavy (non-hydrogen) atoms. The minimum absolute atomic E-state index is 0.0560. The second-order valence-corrected chi connectivity index (χ2v) is 6.59. The number of aromatic hydroxyl groups is 1. The molecule has 4 N–H and O–H groups in total. The number of piperazine rings is 1. The third kappa shape index (κ3) is 2.49. The standard InChI is InChI=1S/C18H20N2O2/c21-17-3-1-11-5-13-9-20-14(10-19-13)6-12-2-4-18(22)16(8-12)15(17)7-11/h1-4,7-8,13-15,19-20,22H,5-6,9-10H2/p+1/t13-,14-,15+/m0/s1. The summed E-state index contributed by atoms with van der Waals surface area (Å²) in [6.45, 7) is 2.07. The normalized spacial score (nSPS) is 30.5. The average molecular weight is 297 g/mol. The smallest absolute Gasteiger partial charge is 0.167 e. The lowest BCUT2D eigenvalue weighted by Gasteiger charge is -2.30. The lowest BCUT2D eigenvalue weighted by atomic mass is 9.84. The van der Waals surface area contributed by atoms with Gasteiger partial charge in [-0.15, -0.1) is 0 Å². The van der Waals surface area contributed by atoms with Gasteiger partial charge in [0.25, 0.3) is 0 Å². The molecule has 3 heterocycles. The van der Waals surface area contributed by atoms with Crippen molar-refractivity contribution in [2.24, 2.45) is 0 Å². The number of carbonyl (C=O) groups excluding carboxylic acids is 1. The number of carbonyl (C=O) groups is 1. The Balaban J connectivity index is 1.81. The Hall–Kier alpha value is -1.91. The van der Waals surface area contributed by atoms with Gasteiger partial charge in [0.05, 0.1) is 18.5 Å². The van der Waals surface area contributed by atoms with Crippen LogP contribution in [-0.2, 0) is 11.2 Å². The van der Waals surface area contributed by atoms with E-state index in [0.717, 1.165) is 31.5 Å². The maximum atomic E-state index is 12.3. The number of rotatable bonds is 0. The highest BCUT2D eigenvalue weighted by Crippen LogP contribution is 2.33. The number of phenolic OH excluding ortho intramolecular Hbond substituents is 1. The number of fused-ring (bicyclic) bond motifs is 2. The van der Waals surface area contributed by atoms with Crippen LogP contribution in [0, 0.1) is 0 Å². The van der Waals surface area contributed by atoms with E-state index in [1.54, 1.807) is 12.1 Å². The summed E-state index contributed by atoms with van der Waals surface area (Å²) in [5.41, 5.74) is 3.11. The molecule has 1 aromatic rings. The maximum absolute atomic E-state index is 12.3. The number of ketones is 1. The highest BCUT2D eigenvalue weighted by Gasteiger charge is 2.29. The van der Waals surface area contributed by atoms with E-state index < -0.39 is 0 Å². The Bertz CT molecular complexity index is 670. The number of nitrogens with two attached hydrogens (primary N) is 1. The zero-order chi connectivity index (χ0) is 15.1. The fourth-order valence-electron chi connectivity index (χ4n) is 3.74. The fraction of sp³-hybridized carbons (Fsp3) is 0.389. The summed E-state index contributed by atoms with van der Waals surface area (Å²) in [5, 5.41) is 16.3. The largest absolute Gasteiger partial charge is 0.508 e. The molecule has 1 fully saturated rings. The van der Waals surface area contributed by atoms with Crippen LogP contribution in [0.25, 0.3) is 0 Å². The molecule has 4 nitrogen and oxygen atoms in total. The first-order chi connectivity index (χ1) is 10.7. The van der Waals surface area contributed by atoms with Gasteiger partial charge in [-0.2, -0.15) is 0 Å². The third-order valence-corrected chi connectivity index (χ3v) is 4.98. The number of nitrogens with one attached hydrogen (secondary N) is 1. The molecule has 3 atom stereocenters. The monoisotopic (exact) mass is 297 g/mol. The maximum Gasteiger partial charge on any atom is 0.167 e. The fourth-order valence-corrected chi connectivity index (χ4v) is 3.74. The lowest BCUT2D eigenvalue weighted by molar-refractivity contribution is -0.696. The van der Waals surface area contributed by atoms with E-state index in [-0.39, 0.29) is 17.5 Å². The van der Waals surface area contributed by atoms with Gasteiger partial charge in [-0.05, 0) is 29.7 Å². The molecule has 114 valence electrons. The predicted molar refractivity (Wildman–Crippen MR) is 83.8 cm³/mol. The molecule has 6 bridgehead atoms. The van der Waals surface area contributed by atoms with Crippen LogP contribution in [0.4, 0.5) is 0 Å².